The van der Waals surface area contributed by atoms with E-state index in [-0.39, 0.29) is 18.0 Å². The first kappa shape index (κ1) is 25.6. The predicted octanol–water partition coefficient (Wildman–Crippen LogP) is 5.25. The Hall–Kier alpha value is -4.07. The highest BCUT2D eigenvalue weighted by Crippen LogP contribution is 2.43. The Kier molecular flexibility index (Phi) is 7.22. The van der Waals surface area contributed by atoms with E-state index in [1.54, 1.807) is 0 Å². The maximum atomic E-state index is 12.8. The summed E-state index contributed by atoms with van der Waals surface area (Å²) in [6.07, 6.45) is 4.03. The number of aromatic nitrogens is 2. The van der Waals surface area contributed by atoms with Gasteiger partial charge in [0.25, 0.3) is 5.91 Å². The van der Waals surface area contributed by atoms with E-state index in [4.69, 9.17) is 15.6 Å². The molecule has 0 saturated carbocycles. The van der Waals surface area contributed by atoms with Gasteiger partial charge in [-0.05, 0) is 73.6 Å². The molecule has 1 saturated heterocycles. The summed E-state index contributed by atoms with van der Waals surface area (Å²) in [6, 6.07) is 17.4. The summed E-state index contributed by atoms with van der Waals surface area (Å²) in [5, 5.41) is 8.58. The lowest BCUT2D eigenvalue weighted by molar-refractivity contribution is -0.127. The van der Waals surface area contributed by atoms with Crippen LogP contribution in [0.3, 0.4) is 0 Å². The van der Waals surface area contributed by atoms with Gasteiger partial charge in [-0.25, -0.2) is 4.68 Å². The van der Waals surface area contributed by atoms with Crippen molar-refractivity contribution in [2.24, 2.45) is 17.6 Å². The summed E-state index contributed by atoms with van der Waals surface area (Å²) < 4.78 is 7.92. The van der Waals surface area contributed by atoms with E-state index in [9.17, 15) is 9.59 Å². The molecule has 0 spiro atoms. The zero-order valence-corrected chi connectivity index (χ0v) is 22.0. The number of primary amides is 1. The smallest absolute Gasteiger partial charge is 0.254 e. The van der Waals surface area contributed by atoms with Crippen LogP contribution in [0.2, 0.25) is 0 Å². The number of nitrogens with zero attached hydrogens (tertiary/aromatic N) is 3. The average molecular weight is 514 g/mol. The number of nitrogens with one attached hydrogen (secondary N) is 1. The van der Waals surface area contributed by atoms with Crippen LogP contribution in [0.25, 0.3) is 11.3 Å². The summed E-state index contributed by atoms with van der Waals surface area (Å²) >= 11 is 0. The van der Waals surface area contributed by atoms with Crippen LogP contribution < -0.4 is 15.8 Å². The molecule has 1 aromatic heterocycles. The van der Waals surface area contributed by atoms with E-state index in [2.05, 4.69) is 25.7 Å². The predicted molar refractivity (Wildman–Crippen MR) is 148 cm³/mol. The fourth-order valence-electron chi connectivity index (χ4n) is 5.61. The molecule has 2 amide bonds. The minimum Gasteiger partial charge on any atom is -0.457 e. The Balaban J connectivity index is 1.47. The lowest BCUT2D eigenvalue weighted by atomic mass is 9.82. The number of hydrogen-bond donors (Lipinski definition) is 2. The van der Waals surface area contributed by atoms with E-state index in [1.165, 1.54) is 6.08 Å². The molecule has 3 heterocycles. The molecule has 0 aliphatic carbocycles. The fraction of sp³-hybridized carbons (Fsp3) is 0.367. The highest BCUT2D eigenvalue weighted by molar-refractivity contribution is 6.04. The minimum atomic E-state index is -0.507. The highest BCUT2D eigenvalue weighted by atomic mass is 16.5. The van der Waals surface area contributed by atoms with E-state index in [1.807, 2.05) is 64.2 Å². The SMILES string of the molecule is C=CC(=O)N1CCC([C@@H]2CC(C(C)C)Nc3c(C(N)=O)c(-c4ccc(Oc5ccccc5)cc4)nn32)CC1. The van der Waals surface area contributed by atoms with Gasteiger partial charge in [0.2, 0.25) is 5.91 Å². The second-order valence-corrected chi connectivity index (χ2v) is 10.5. The number of piperidine rings is 1. The van der Waals surface area contributed by atoms with Crippen LogP contribution in [0.1, 0.15) is 49.5 Å². The summed E-state index contributed by atoms with van der Waals surface area (Å²) in [5.74, 6) is 2.31. The van der Waals surface area contributed by atoms with Gasteiger partial charge < -0.3 is 20.7 Å². The molecule has 2 aliphatic rings. The highest BCUT2D eigenvalue weighted by Gasteiger charge is 2.39. The number of hydrogen-bond acceptors (Lipinski definition) is 5. The summed E-state index contributed by atoms with van der Waals surface area (Å²) in [4.78, 5) is 26.8. The third-order valence-electron chi connectivity index (χ3n) is 7.77. The summed E-state index contributed by atoms with van der Waals surface area (Å²) in [7, 11) is 0. The van der Waals surface area contributed by atoms with Crippen LogP contribution >= 0.6 is 0 Å². The number of fused-ring (bicyclic) bond motifs is 1. The maximum Gasteiger partial charge on any atom is 0.254 e. The van der Waals surface area contributed by atoms with Crippen LogP contribution in [0.4, 0.5) is 5.82 Å². The van der Waals surface area contributed by atoms with Gasteiger partial charge in [0.1, 0.15) is 28.6 Å². The standard InChI is InChI=1S/C30H35N5O3/c1-4-26(36)34-16-14-20(15-17-34)25-18-24(19(2)3)32-30-27(29(31)37)28(33-35(25)30)21-10-12-23(13-11-21)38-22-8-6-5-7-9-22/h4-13,19-20,24-25,32H,1,14-18H2,2-3H3,(H2,31,37)/t24?,25-/m0/s1. The van der Waals surface area contributed by atoms with Crippen molar-refractivity contribution in [3.8, 4) is 22.8 Å². The van der Waals surface area contributed by atoms with Gasteiger partial charge in [0.05, 0.1) is 6.04 Å². The molecule has 1 unspecified atom stereocenters. The Morgan fingerprint density at radius 3 is 2.34 bits per heavy atom. The van der Waals surface area contributed by atoms with Crippen LogP contribution in [0, 0.1) is 11.8 Å². The fourth-order valence-corrected chi connectivity index (χ4v) is 5.61. The first-order valence-electron chi connectivity index (χ1n) is 13.3. The Labute approximate surface area is 223 Å². The molecule has 2 atom stereocenters. The van der Waals surface area contributed by atoms with Gasteiger partial charge >= 0.3 is 0 Å². The van der Waals surface area contributed by atoms with E-state index < -0.39 is 5.91 Å². The van der Waals surface area contributed by atoms with Gasteiger partial charge in [-0.1, -0.05) is 38.6 Å². The van der Waals surface area contributed by atoms with E-state index in [0.29, 0.717) is 47.8 Å². The van der Waals surface area contributed by atoms with Gasteiger partial charge in [-0.15, -0.1) is 0 Å². The molecule has 5 rings (SSSR count). The second kappa shape index (κ2) is 10.7. The van der Waals surface area contributed by atoms with E-state index in [0.717, 1.165) is 30.6 Å². The number of ether oxygens (including phenoxy) is 1. The first-order chi connectivity index (χ1) is 18.4. The Morgan fingerprint density at radius 2 is 1.74 bits per heavy atom. The molecule has 198 valence electrons. The zero-order valence-electron chi connectivity index (χ0n) is 22.0. The van der Waals surface area contributed by atoms with Crippen molar-refractivity contribution in [2.75, 3.05) is 18.4 Å². The van der Waals surface area contributed by atoms with Crippen molar-refractivity contribution in [1.82, 2.24) is 14.7 Å². The number of benzene rings is 2. The van der Waals surface area contributed by atoms with Crippen molar-refractivity contribution in [2.45, 2.75) is 45.2 Å². The van der Waals surface area contributed by atoms with Crippen molar-refractivity contribution >= 4 is 17.6 Å². The molecule has 1 fully saturated rings. The van der Waals surface area contributed by atoms with Gasteiger partial charge in [0, 0.05) is 24.7 Å². The maximum absolute atomic E-state index is 12.8. The third-order valence-corrected chi connectivity index (χ3v) is 7.77. The quantitative estimate of drug-likeness (QED) is 0.420. The molecule has 0 radical (unpaired) electrons. The number of amides is 2. The molecule has 8 heteroatoms. The number of rotatable bonds is 7. The molecule has 2 aromatic carbocycles. The first-order valence-corrected chi connectivity index (χ1v) is 13.3. The topological polar surface area (TPSA) is 102 Å². The Bertz CT molecular complexity index is 1310. The molecule has 3 N–H and O–H groups in total. The molecule has 3 aromatic rings. The number of likely N-dealkylation sites (tertiary alicyclic amines) is 1. The van der Waals surface area contributed by atoms with Crippen molar-refractivity contribution < 1.29 is 14.3 Å². The minimum absolute atomic E-state index is 0.0217. The number of anilines is 1. The monoisotopic (exact) mass is 513 g/mol. The van der Waals surface area contributed by atoms with E-state index >= 15 is 0 Å². The number of carbonyl (C=O) groups is 2. The molecular weight excluding hydrogens is 478 g/mol. The molecule has 38 heavy (non-hydrogen) atoms. The van der Waals surface area contributed by atoms with Gasteiger partial charge in [0.15, 0.2) is 0 Å². The van der Waals surface area contributed by atoms with Crippen LogP contribution in [-0.2, 0) is 4.79 Å². The Morgan fingerprint density at radius 1 is 1.08 bits per heavy atom. The molecule has 0 bridgehead atoms. The number of carbonyl (C=O) groups excluding carboxylic acids is 2. The molecule has 2 aliphatic heterocycles. The normalized spacial score (nSPS) is 19.5. The third kappa shape index (κ3) is 5.03. The largest absolute Gasteiger partial charge is 0.457 e. The van der Waals surface area contributed by atoms with Gasteiger partial charge in [-0.3, -0.25) is 9.59 Å². The molecule has 8 nitrogen and oxygen atoms in total. The van der Waals surface area contributed by atoms with Crippen LogP contribution in [0.5, 0.6) is 11.5 Å². The molecular formula is C30H35N5O3. The lowest BCUT2D eigenvalue weighted by Crippen LogP contribution is -2.43. The zero-order chi connectivity index (χ0) is 26.8. The lowest BCUT2D eigenvalue weighted by Gasteiger charge is -2.41. The van der Waals surface area contributed by atoms with Gasteiger partial charge in [-0.2, -0.15) is 5.10 Å². The number of para-hydroxylation sites is 1. The van der Waals surface area contributed by atoms with Crippen LogP contribution in [0.15, 0.2) is 67.3 Å². The number of nitrogens with two attached hydrogens (primary N) is 1. The summed E-state index contributed by atoms with van der Waals surface area (Å²) in [6.45, 7) is 9.38. The van der Waals surface area contributed by atoms with Crippen molar-refractivity contribution in [3.05, 3.63) is 72.8 Å². The average Bonchev–Trinajstić information content (AvgIpc) is 3.33. The van der Waals surface area contributed by atoms with Crippen LogP contribution in [-0.4, -0.2) is 45.6 Å². The van der Waals surface area contributed by atoms with Crippen molar-refractivity contribution in [3.63, 3.8) is 0 Å². The summed E-state index contributed by atoms with van der Waals surface area (Å²) in [5.41, 5.74) is 7.74. The van der Waals surface area contributed by atoms with Crippen molar-refractivity contribution in [1.29, 1.82) is 0 Å². The second-order valence-electron chi connectivity index (χ2n) is 10.5.